The fraction of sp³-hybridized carbons (Fsp3) is 0.273. The molecule has 1 spiro atoms. The summed E-state index contributed by atoms with van der Waals surface area (Å²) in [7, 11) is 0. The van der Waals surface area contributed by atoms with Crippen LogP contribution in [-0.2, 0) is 20.9 Å². The molecule has 3 aliphatic rings. The predicted octanol–water partition coefficient (Wildman–Crippen LogP) is 3.26. The van der Waals surface area contributed by atoms with E-state index in [9.17, 15) is 9.59 Å². The van der Waals surface area contributed by atoms with E-state index in [-0.39, 0.29) is 17.9 Å². The fourth-order valence-electron chi connectivity index (χ4n) is 4.61. The first-order valence-electron chi connectivity index (χ1n) is 9.32. The van der Waals surface area contributed by atoms with Gasteiger partial charge >= 0.3 is 0 Å². The number of benzene rings is 2. The van der Waals surface area contributed by atoms with E-state index in [0.717, 1.165) is 5.56 Å². The van der Waals surface area contributed by atoms with Gasteiger partial charge in [-0.25, -0.2) is 0 Å². The van der Waals surface area contributed by atoms with E-state index in [2.05, 4.69) is 5.32 Å². The summed E-state index contributed by atoms with van der Waals surface area (Å²) < 4.78 is 6.16. The van der Waals surface area contributed by atoms with Crippen LogP contribution >= 0.6 is 11.6 Å². The van der Waals surface area contributed by atoms with E-state index in [0.29, 0.717) is 23.8 Å². The van der Waals surface area contributed by atoms with Crippen molar-refractivity contribution in [1.29, 1.82) is 0 Å². The third kappa shape index (κ3) is 2.74. The predicted molar refractivity (Wildman–Crippen MR) is 106 cm³/mol. The number of anilines is 1. The van der Waals surface area contributed by atoms with E-state index in [4.69, 9.17) is 16.3 Å². The van der Waals surface area contributed by atoms with E-state index >= 15 is 0 Å². The summed E-state index contributed by atoms with van der Waals surface area (Å²) in [5.41, 5.74) is 0.975. The zero-order valence-electron chi connectivity index (χ0n) is 15.0. The maximum Gasteiger partial charge on any atom is 0.231 e. The lowest BCUT2D eigenvalue weighted by Gasteiger charge is -2.23. The van der Waals surface area contributed by atoms with Gasteiger partial charge in [0, 0.05) is 17.3 Å². The molecule has 2 aromatic carbocycles. The van der Waals surface area contributed by atoms with Crippen molar-refractivity contribution in [2.75, 3.05) is 11.9 Å². The van der Waals surface area contributed by atoms with E-state index < -0.39 is 17.4 Å². The maximum absolute atomic E-state index is 13.2. The van der Waals surface area contributed by atoms with Crippen LogP contribution in [0.25, 0.3) is 0 Å². The first kappa shape index (κ1) is 17.5. The number of carbonyl (C=O) groups excluding carboxylic acids is 2. The molecular formula is C22H19ClN2O3. The Morgan fingerprint density at radius 1 is 1.21 bits per heavy atom. The van der Waals surface area contributed by atoms with Crippen LogP contribution < -0.4 is 5.32 Å². The number of rotatable bonds is 4. The highest BCUT2D eigenvalue weighted by Crippen LogP contribution is 2.52. The molecule has 0 aliphatic carbocycles. The molecule has 0 saturated carbocycles. The highest BCUT2D eigenvalue weighted by atomic mass is 35.5. The second kappa shape index (κ2) is 6.47. The lowest BCUT2D eigenvalue weighted by atomic mass is 9.77. The van der Waals surface area contributed by atoms with Gasteiger partial charge in [0.2, 0.25) is 11.8 Å². The van der Waals surface area contributed by atoms with Crippen molar-refractivity contribution in [2.24, 2.45) is 11.8 Å². The molecule has 0 radical (unpaired) electrons. The fourth-order valence-corrected chi connectivity index (χ4v) is 4.80. The van der Waals surface area contributed by atoms with Crippen LogP contribution in [0.15, 0.2) is 66.7 Å². The van der Waals surface area contributed by atoms with Gasteiger partial charge < -0.3 is 15.0 Å². The van der Waals surface area contributed by atoms with Gasteiger partial charge in [-0.1, -0.05) is 60.2 Å². The van der Waals surface area contributed by atoms with Crippen LogP contribution in [0.4, 0.5) is 5.69 Å². The van der Waals surface area contributed by atoms with Gasteiger partial charge in [0.25, 0.3) is 0 Å². The molecule has 2 fully saturated rings. The Hall–Kier alpha value is -2.63. The molecule has 0 aromatic heterocycles. The average Bonchev–Trinajstić information content (AvgIpc) is 3.31. The van der Waals surface area contributed by atoms with Gasteiger partial charge in [-0.3, -0.25) is 9.59 Å². The van der Waals surface area contributed by atoms with Crippen molar-refractivity contribution in [3.8, 4) is 0 Å². The minimum absolute atomic E-state index is 0.0260. The van der Waals surface area contributed by atoms with Crippen LogP contribution in [0.5, 0.6) is 0 Å². The quantitative estimate of drug-likeness (QED) is 0.810. The van der Waals surface area contributed by atoms with Gasteiger partial charge in [-0.05, 0) is 23.8 Å². The molecule has 6 heteroatoms. The van der Waals surface area contributed by atoms with E-state index in [1.807, 2.05) is 42.5 Å². The summed E-state index contributed by atoms with van der Waals surface area (Å²) in [6.45, 7) is 0.988. The summed E-state index contributed by atoms with van der Waals surface area (Å²) in [5, 5.41) is 3.44. The third-order valence-electron chi connectivity index (χ3n) is 5.79. The number of likely N-dealkylation sites (tertiary alicyclic amines) is 1. The number of ether oxygens (including phenoxy) is 1. The van der Waals surface area contributed by atoms with Crippen LogP contribution in [0.2, 0.25) is 5.02 Å². The molecule has 0 unspecified atom stereocenters. The minimum atomic E-state index is -0.702. The number of halogens is 1. The molecule has 4 atom stereocenters. The number of fused-ring (bicyclic) bond motifs is 1. The number of amides is 2. The SMILES string of the molecule is O=C(Nc1cccc(Cl)c1)[C@H]1[C@H]2C(=O)N(Cc3ccccc3)C[C@@]23C=C[C@H]1O3. The Morgan fingerprint density at radius 3 is 2.82 bits per heavy atom. The molecule has 2 bridgehead atoms. The molecule has 5 nitrogen and oxygen atoms in total. The Bertz CT molecular complexity index is 977. The normalized spacial score (nSPS) is 30.0. The van der Waals surface area contributed by atoms with Crippen molar-refractivity contribution in [3.05, 3.63) is 77.3 Å². The molecule has 2 aromatic rings. The lowest BCUT2D eigenvalue weighted by Crippen LogP contribution is -2.41. The van der Waals surface area contributed by atoms with Gasteiger partial charge in [0.05, 0.1) is 24.5 Å². The molecule has 3 aliphatic heterocycles. The number of carbonyl (C=O) groups is 2. The summed E-state index contributed by atoms with van der Waals surface area (Å²) in [6.07, 6.45) is 3.51. The Balaban J connectivity index is 1.39. The standard InChI is InChI=1S/C22H19ClN2O3/c23-15-7-4-8-16(11-15)24-20(26)18-17-9-10-22(28-17)13-25(21(27)19(18)22)12-14-5-2-1-3-6-14/h1-11,17-19H,12-13H2,(H,24,26)/t17-,18-,19+,22+/m1/s1. The largest absolute Gasteiger partial charge is 0.360 e. The summed E-state index contributed by atoms with van der Waals surface area (Å²) in [5.74, 6) is -1.27. The van der Waals surface area contributed by atoms with Crippen molar-refractivity contribution in [1.82, 2.24) is 4.90 Å². The topological polar surface area (TPSA) is 58.6 Å². The highest BCUT2D eigenvalue weighted by Gasteiger charge is 2.66. The smallest absolute Gasteiger partial charge is 0.231 e. The van der Waals surface area contributed by atoms with Gasteiger partial charge in [0.15, 0.2) is 0 Å². The van der Waals surface area contributed by atoms with Gasteiger partial charge in [-0.2, -0.15) is 0 Å². The highest BCUT2D eigenvalue weighted by molar-refractivity contribution is 6.30. The number of hydrogen-bond acceptors (Lipinski definition) is 3. The molecular weight excluding hydrogens is 376 g/mol. The summed E-state index contributed by atoms with van der Waals surface area (Å²) in [6, 6.07) is 16.9. The summed E-state index contributed by atoms with van der Waals surface area (Å²) >= 11 is 6.01. The average molecular weight is 395 g/mol. The van der Waals surface area contributed by atoms with Crippen molar-refractivity contribution >= 4 is 29.1 Å². The Kier molecular flexibility index (Phi) is 4.03. The van der Waals surface area contributed by atoms with Crippen LogP contribution in [-0.4, -0.2) is 35.0 Å². The lowest BCUT2D eigenvalue weighted by molar-refractivity contribution is -0.136. The first-order chi connectivity index (χ1) is 13.6. The van der Waals surface area contributed by atoms with Crippen molar-refractivity contribution in [3.63, 3.8) is 0 Å². The van der Waals surface area contributed by atoms with Crippen LogP contribution in [0.3, 0.4) is 0 Å². The van der Waals surface area contributed by atoms with Crippen molar-refractivity contribution < 1.29 is 14.3 Å². The maximum atomic E-state index is 13.2. The van der Waals surface area contributed by atoms with Crippen molar-refractivity contribution in [2.45, 2.75) is 18.2 Å². The molecule has 2 amide bonds. The Labute approximate surface area is 167 Å². The molecule has 3 heterocycles. The minimum Gasteiger partial charge on any atom is -0.360 e. The second-order valence-corrected chi connectivity index (χ2v) is 8.02. The van der Waals surface area contributed by atoms with Crippen LogP contribution in [0.1, 0.15) is 5.56 Å². The number of nitrogens with zero attached hydrogens (tertiary/aromatic N) is 1. The first-order valence-corrected chi connectivity index (χ1v) is 9.70. The monoisotopic (exact) mass is 394 g/mol. The zero-order valence-corrected chi connectivity index (χ0v) is 15.8. The molecule has 5 rings (SSSR count). The number of nitrogens with one attached hydrogen (secondary N) is 1. The number of hydrogen-bond donors (Lipinski definition) is 1. The molecule has 28 heavy (non-hydrogen) atoms. The molecule has 2 saturated heterocycles. The zero-order chi connectivity index (χ0) is 19.3. The van der Waals surface area contributed by atoms with E-state index in [1.54, 1.807) is 29.2 Å². The third-order valence-corrected chi connectivity index (χ3v) is 6.02. The van der Waals surface area contributed by atoms with Crippen LogP contribution in [0, 0.1) is 11.8 Å². The molecule has 1 N–H and O–H groups in total. The Morgan fingerprint density at radius 2 is 2.04 bits per heavy atom. The molecule has 142 valence electrons. The van der Waals surface area contributed by atoms with E-state index in [1.165, 1.54) is 0 Å². The van der Waals surface area contributed by atoms with Gasteiger partial charge in [0.1, 0.15) is 5.60 Å². The summed E-state index contributed by atoms with van der Waals surface area (Å²) in [4.78, 5) is 28.0. The van der Waals surface area contributed by atoms with Gasteiger partial charge in [-0.15, -0.1) is 0 Å². The second-order valence-electron chi connectivity index (χ2n) is 7.58.